The molecule has 4 nitrogen and oxygen atoms in total. The summed E-state index contributed by atoms with van der Waals surface area (Å²) < 4.78 is 1.16. The van der Waals surface area contributed by atoms with Crippen LogP contribution in [-0.2, 0) is 0 Å². The summed E-state index contributed by atoms with van der Waals surface area (Å²) in [6, 6.07) is 1.72. The van der Waals surface area contributed by atoms with E-state index in [9.17, 15) is 0 Å². The zero-order valence-electron chi connectivity index (χ0n) is 6.74. The zero-order valence-corrected chi connectivity index (χ0v) is 9.07. The molecule has 0 spiro atoms. The van der Waals surface area contributed by atoms with Gasteiger partial charge >= 0.3 is 0 Å². The Morgan fingerprint density at radius 1 is 1.36 bits per heavy atom. The van der Waals surface area contributed by atoms with Gasteiger partial charge in [0.25, 0.3) is 0 Å². The van der Waals surface area contributed by atoms with Crippen LogP contribution in [0.3, 0.4) is 0 Å². The van der Waals surface area contributed by atoms with Gasteiger partial charge in [-0.3, -0.25) is 0 Å². The quantitative estimate of drug-likeness (QED) is 0.840. The fourth-order valence-corrected chi connectivity index (χ4v) is 2.44. The van der Waals surface area contributed by atoms with Crippen molar-refractivity contribution in [3.05, 3.63) is 20.9 Å². The van der Waals surface area contributed by atoms with Crippen LogP contribution >= 0.6 is 34.5 Å². The third-order valence-corrected chi connectivity index (χ3v) is 3.00. The minimum absolute atomic E-state index is 0.112. The monoisotopic (exact) mass is 246 g/mol. The van der Waals surface area contributed by atoms with E-state index >= 15 is 0 Å². The zero-order chi connectivity index (χ0) is 10.1. The van der Waals surface area contributed by atoms with Gasteiger partial charge in [0.05, 0.1) is 16.2 Å². The smallest absolute Gasteiger partial charge is 0.240 e. The average Bonchev–Trinajstić information content (AvgIpc) is 2.45. The second kappa shape index (κ2) is 3.68. The molecule has 0 radical (unpaired) electrons. The van der Waals surface area contributed by atoms with Crippen LogP contribution < -0.4 is 5.73 Å². The molecule has 0 aliphatic rings. The fraction of sp³-hybridized carbons (Fsp3) is 0. The molecule has 0 aromatic carbocycles. The Kier molecular flexibility index (Phi) is 2.54. The van der Waals surface area contributed by atoms with E-state index in [2.05, 4.69) is 15.2 Å². The fourth-order valence-electron chi connectivity index (χ4n) is 0.962. The highest BCUT2D eigenvalue weighted by molar-refractivity contribution is 7.20. The first-order valence-corrected chi connectivity index (χ1v) is 5.14. The maximum atomic E-state index is 5.94. The molecule has 2 aromatic heterocycles. The molecule has 0 saturated carbocycles. The van der Waals surface area contributed by atoms with E-state index < -0.39 is 0 Å². The lowest BCUT2D eigenvalue weighted by molar-refractivity contribution is 0.991. The van der Waals surface area contributed by atoms with Crippen LogP contribution in [-0.4, -0.2) is 15.2 Å². The van der Waals surface area contributed by atoms with Gasteiger partial charge in [-0.1, -0.05) is 23.2 Å². The molecular formula is C7H4Cl2N4S. The summed E-state index contributed by atoms with van der Waals surface area (Å²) in [5.74, 6) is 0.112. The van der Waals surface area contributed by atoms with Gasteiger partial charge in [-0.2, -0.15) is 5.10 Å². The number of nitrogen functional groups attached to an aromatic ring is 1. The molecule has 0 aliphatic carbocycles. The van der Waals surface area contributed by atoms with Crippen molar-refractivity contribution >= 4 is 40.5 Å². The number of nitrogens with two attached hydrogens (primary N) is 1. The summed E-state index contributed by atoms with van der Waals surface area (Å²) in [5, 5.41) is 7.22. The highest BCUT2D eigenvalue weighted by Gasteiger charge is 2.10. The summed E-state index contributed by atoms with van der Waals surface area (Å²) in [6.45, 7) is 0. The summed E-state index contributed by atoms with van der Waals surface area (Å²) in [4.78, 5) is 3.99. The molecule has 0 saturated heterocycles. The highest BCUT2D eigenvalue weighted by atomic mass is 35.5. The molecule has 2 rings (SSSR count). The third-order valence-electron chi connectivity index (χ3n) is 1.51. The largest absolute Gasteiger partial charge is 0.366 e. The molecule has 14 heavy (non-hydrogen) atoms. The van der Waals surface area contributed by atoms with E-state index in [0.717, 1.165) is 5.56 Å². The number of aromatic nitrogens is 3. The molecular weight excluding hydrogens is 243 g/mol. The van der Waals surface area contributed by atoms with Gasteiger partial charge in [-0.05, 0) is 6.07 Å². The van der Waals surface area contributed by atoms with Crippen molar-refractivity contribution < 1.29 is 0 Å². The summed E-state index contributed by atoms with van der Waals surface area (Å²) in [6.07, 6.45) is 1.49. The van der Waals surface area contributed by atoms with Crippen LogP contribution in [0, 0.1) is 0 Å². The molecule has 2 aromatic rings. The summed E-state index contributed by atoms with van der Waals surface area (Å²) >= 11 is 13.0. The minimum Gasteiger partial charge on any atom is -0.366 e. The van der Waals surface area contributed by atoms with Crippen molar-refractivity contribution in [3.63, 3.8) is 0 Å². The standard InChI is InChI=1S/C7H4Cl2N4S/c8-5-1-3(6(9)14-5)4-2-11-13-7(10)12-4/h1-2H,(H2,10,12,13). The maximum absolute atomic E-state index is 5.94. The van der Waals surface area contributed by atoms with Gasteiger partial charge in [-0.15, -0.1) is 16.4 Å². The molecule has 72 valence electrons. The van der Waals surface area contributed by atoms with Crippen molar-refractivity contribution in [2.24, 2.45) is 0 Å². The summed E-state index contributed by atoms with van der Waals surface area (Å²) in [7, 11) is 0. The van der Waals surface area contributed by atoms with Crippen LogP contribution in [0.25, 0.3) is 11.3 Å². The Morgan fingerprint density at radius 3 is 2.71 bits per heavy atom. The van der Waals surface area contributed by atoms with Gasteiger partial charge < -0.3 is 5.73 Å². The van der Waals surface area contributed by atoms with Gasteiger partial charge in [0.2, 0.25) is 5.95 Å². The van der Waals surface area contributed by atoms with Crippen LogP contribution in [0.5, 0.6) is 0 Å². The number of nitrogens with zero attached hydrogens (tertiary/aromatic N) is 3. The first-order valence-electron chi connectivity index (χ1n) is 3.57. The van der Waals surface area contributed by atoms with E-state index in [4.69, 9.17) is 28.9 Å². The van der Waals surface area contributed by atoms with Crippen LogP contribution in [0.4, 0.5) is 5.95 Å². The second-order valence-electron chi connectivity index (χ2n) is 2.44. The Morgan fingerprint density at radius 2 is 2.14 bits per heavy atom. The predicted molar refractivity (Wildman–Crippen MR) is 57.6 cm³/mol. The van der Waals surface area contributed by atoms with Crippen molar-refractivity contribution in [1.29, 1.82) is 0 Å². The number of hydrogen-bond acceptors (Lipinski definition) is 5. The molecule has 0 amide bonds. The Labute approximate surface area is 93.7 Å². The molecule has 0 fully saturated rings. The molecule has 0 bridgehead atoms. The first kappa shape index (κ1) is 9.64. The topological polar surface area (TPSA) is 64.7 Å². The van der Waals surface area contributed by atoms with E-state index in [1.54, 1.807) is 6.07 Å². The first-order chi connectivity index (χ1) is 6.66. The molecule has 2 heterocycles. The number of anilines is 1. The van der Waals surface area contributed by atoms with Crippen molar-refractivity contribution in [2.45, 2.75) is 0 Å². The molecule has 7 heteroatoms. The number of rotatable bonds is 1. The molecule has 2 N–H and O–H groups in total. The minimum atomic E-state index is 0.112. The Hall–Kier alpha value is -0.910. The van der Waals surface area contributed by atoms with E-state index in [1.165, 1.54) is 17.5 Å². The molecule has 0 atom stereocenters. The SMILES string of the molecule is Nc1nncc(-c2cc(Cl)sc2Cl)n1. The predicted octanol–water partition coefficient (Wildman–Crippen LogP) is 2.49. The van der Waals surface area contributed by atoms with E-state index in [0.29, 0.717) is 14.4 Å². The van der Waals surface area contributed by atoms with E-state index in [-0.39, 0.29) is 5.95 Å². The van der Waals surface area contributed by atoms with E-state index in [1.807, 2.05) is 0 Å². The molecule has 0 unspecified atom stereocenters. The summed E-state index contributed by atoms with van der Waals surface area (Å²) in [5.41, 5.74) is 6.70. The van der Waals surface area contributed by atoms with Crippen molar-refractivity contribution in [3.8, 4) is 11.3 Å². The van der Waals surface area contributed by atoms with Crippen LogP contribution in [0.1, 0.15) is 0 Å². The van der Waals surface area contributed by atoms with Gasteiger partial charge in [0.1, 0.15) is 4.34 Å². The number of halogens is 2. The highest BCUT2D eigenvalue weighted by Crippen LogP contribution is 2.36. The molecule has 0 aliphatic heterocycles. The number of thiophene rings is 1. The number of hydrogen-bond donors (Lipinski definition) is 1. The Balaban J connectivity index is 2.54. The maximum Gasteiger partial charge on any atom is 0.240 e. The van der Waals surface area contributed by atoms with Crippen LogP contribution in [0.15, 0.2) is 12.3 Å². The van der Waals surface area contributed by atoms with Gasteiger partial charge in [0, 0.05) is 5.56 Å². The Bertz CT molecular complexity index is 470. The lowest BCUT2D eigenvalue weighted by Gasteiger charge is -1.96. The van der Waals surface area contributed by atoms with Gasteiger partial charge in [-0.25, -0.2) is 4.98 Å². The van der Waals surface area contributed by atoms with Crippen LogP contribution in [0.2, 0.25) is 8.67 Å². The van der Waals surface area contributed by atoms with Crippen molar-refractivity contribution in [1.82, 2.24) is 15.2 Å². The average molecular weight is 247 g/mol. The lowest BCUT2D eigenvalue weighted by atomic mass is 10.3. The lowest BCUT2D eigenvalue weighted by Crippen LogP contribution is -1.97. The normalized spacial score (nSPS) is 10.4. The van der Waals surface area contributed by atoms with Crippen molar-refractivity contribution in [2.75, 3.05) is 5.73 Å². The second-order valence-corrected chi connectivity index (χ2v) is 4.72. The van der Waals surface area contributed by atoms with Gasteiger partial charge in [0.15, 0.2) is 0 Å². The third kappa shape index (κ3) is 1.79.